The van der Waals surface area contributed by atoms with Gasteiger partial charge in [0.05, 0.1) is 18.3 Å². The number of aryl methyl sites for hydroxylation is 1. The van der Waals surface area contributed by atoms with Gasteiger partial charge in [-0.15, -0.1) is 0 Å². The average Bonchev–Trinajstić information content (AvgIpc) is 2.67. The zero-order valence-corrected chi connectivity index (χ0v) is 14.4. The van der Waals surface area contributed by atoms with E-state index in [-0.39, 0.29) is 0 Å². The summed E-state index contributed by atoms with van der Waals surface area (Å²) in [5.74, 6) is 2.14. The molecule has 5 nitrogen and oxygen atoms in total. The van der Waals surface area contributed by atoms with E-state index in [0.29, 0.717) is 18.4 Å². The van der Waals surface area contributed by atoms with Gasteiger partial charge in [-0.2, -0.15) is 0 Å². The number of aromatic nitrogens is 3. The summed E-state index contributed by atoms with van der Waals surface area (Å²) in [6, 6.07) is 10.5. The van der Waals surface area contributed by atoms with Gasteiger partial charge in [0.1, 0.15) is 5.82 Å². The summed E-state index contributed by atoms with van der Waals surface area (Å²) in [6.07, 6.45) is 7.30. The number of hydrogen-bond donors (Lipinski definition) is 0. The van der Waals surface area contributed by atoms with Crippen molar-refractivity contribution in [3.05, 3.63) is 54.5 Å². The van der Waals surface area contributed by atoms with Crippen LogP contribution in [0.3, 0.4) is 0 Å². The quantitative estimate of drug-likeness (QED) is 0.729. The Labute approximate surface area is 147 Å². The van der Waals surface area contributed by atoms with E-state index in [9.17, 15) is 0 Å². The highest BCUT2D eigenvalue weighted by Gasteiger charge is 2.22. The third kappa shape index (κ3) is 3.55. The highest BCUT2D eigenvalue weighted by atomic mass is 16.5. The fourth-order valence-corrected chi connectivity index (χ4v) is 3.47. The molecule has 1 atom stereocenters. The fraction of sp³-hybridized carbons (Fsp3) is 0.350. The molecule has 0 N–H and O–H groups in total. The molecule has 5 heteroatoms. The van der Waals surface area contributed by atoms with Gasteiger partial charge in [0.25, 0.3) is 0 Å². The molecule has 0 aliphatic carbocycles. The van der Waals surface area contributed by atoms with Crippen LogP contribution >= 0.6 is 0 Å². The summed E-state index contributed by atoms with van der Waals surface area (Å²) in [5.41, 5.74) is 2.34. The predicted molar refractivity (Wildman–Crippen MR) is 98.9 cm³/mol. The number of pyridine rings is 1. The molecule has 0 radical (unpaired) electrons. The minimum absolute atomic E-state index is 0.476. The van der Waals surface area contributed by atoms with E-state index in [1.165, 1.54) is 17.4 Å². The number of rotatable bonds is 4. The van der Waals surface area contributed by atoms with Crippen molar-refractivity contribution in [3.63, 3.8) is 0 Å². The Bertz CT molecular complexity index is 853. The molecule has 1 saturated heterocycles. The second-order valence-corrected chi connectivity index (χ2v) is 6.62. The minimum atomic E-state index is 0.476. The van der Waals surface area contributed by atoms with Crippen molar-refractivity contribution in [2.45, 2.75) is 19.8 Å². The fourth-order valence-electron chi connectivity index (χ4n) is 3.47. The van der Waals surface area contributed by atoms with Crippen LogP contribution in [-0.4, -0.2) is 34.6 Å². The number of piperidine rings is 1. The molecular weight excluding hydrogens is 312 g/mol. The smallest absolute Gasteiger partial charge is 0.232 e. The van der Waals surface area contributed by atoms with Crippen LogP contribution in [0, 0.1) is 12.8 Å². The molecule has 128 valence electrons. The van der Waals surface area contributed by atoms with Crippen LogP contribution in [0.2, 0.25) is 0 Å². The molecular formula is C20H22N4O. The van der Waals surface area contributed by atoms with E-state index >= 15 is 0 Å². The van der Waals surface area contributed by atoms with Crippen LogP contribution < -0.4 is 9.64 Å². The van der Waals surface area contributed by atoms with Crippen LogP contribution in [0.5, 0.6) is 5.88 Å². The molecule has 25 heavy (non-hydrogen) atoms. The Kier molecular flexibility index (Phi) is 4.46. The summed E-state index contributed by atoms with van der Waals surface area (Å²) < 4.78 is 5.80. The summed E-state index contributed by atoms with van der Waals surface area (Å²) in [6.45, 7) is 4.84. The molecule has 1 fully saturated rings. The van der Waals surface area contributed by atoms with E-state index in [2.05, 4.69) is 46.1 Å². The molecule has 1 aliphatic heterocycles. The average molecular weight is 334 g/mol. The zero-order valence-electron chi connectivity index (χ0n) is 14.4. The first-order chi connectivity index (χ1) is 12.3. The van der Waals surface area contributed by atoms with Gasteiger partial charge in [0, 0.05) is 36.8 Å². The summed E-state index contributed by atoms with van der Waals surface area (Å²) in [5, 5.41) is 1.23. The lowest BCUT2D eigenvalue weighted by Crippen LogP contribution is -2.38. The van der Waals surface area contributed by atoms with Gasteiger partial charge in [-0.1, -0.05) is 18.2 Å². The number of hydrogen-bond acceptors (Lipinski definition) is 5. The Morgan fingerprint density at radius 2 is 2.16 bits per heavy atom. The highest BCUT2D eigenvalue weighted by Crippen LogP contribution is 2.26. The molecule has 1 aromatic carbocycles. The Morgan fingerprint density at radius 1 is 1.24 bits per heavy atom. The normalized spacial score (nSPS) is 17.6. The van der Waals surface area contributed by atoms with Crippen molar-refractivity contribution in [2.75, 3.05) is 24.6 Å². The lowest BCUT2D eigenvalue weighted by atomic mass is 9.98. The molecule has 1 aliphatic rings. The lowest BCUT2D eigenvalue weighted by molar-refractivity contribution is 0.221. The lowest BCUT2D eigenvalue weighted by Gasteiger charge is -2.33. The van der Waals surface area contributed by atoms with Gasteiger partial charge in [0.15, 0.2) is 0 Å². The van der Waals surface area contributed by atoms with Crippen LogP contribution in [0.4, 0.5) is 5.82 Å². The van der Waals surface area contributed by atoms with Gasteiger partial charge < -0.3 is 9.64 Å². The van der Waals surface area contributed by atoms with Crippen LogP contribution in [-0.2, 0) is 0 Å². The van der Waals surface area contributed by atoms with Crippen molar-refractivity contribution in [1.82, 2.24) is 15.0 Å². The maximum Gasteiger partial charge on any atom is 0.232 e. The molecule has 2 aromatic heterocycles. The van der Waals surface area contributed by atoms with Crippen LogP contribution in [0.1, 0.15) is 18.4 Å². The first-order valence-electron chi connectivity index (χ1n) is 8.80. The predicted octanol–water partition coefficient (Wildman–Crippen LogP) is 3.63. The number of anilines is 1. The van der Waals surface area contributed by atoms with Crippen molar-refractivity contribution in [2.24, 2.45) is 5.92 Å². The zero-order chi connectivity index (χ0) is 17.1. The second kappa shape index (κ2) is 7.05. The van der Waals surface area contributed by atoms with Gasteiger partial charge in [-0.25, -0.2) is 9.97 Å². The van der Waals surface area contributed by atoms with Gasteiger partial charge in [0.2, 0.25) is 5.88 Å². The molecule has 0 bridgehead atoms. The minimum Gasteiger partial charge on any atom is -0.476 e. The first kappa shape index (κ1) is 15.8. The topological polar surface area (TPSA) is 51.1 Å². The van der Waals surface area contributed by atoms with Crippen molar-refractivity contribution < 1.29 is 4.74 Å². The molecule has 1 unspecified atom stereocenters. The Hall–Kier alpha value is -2.69. The monoisotopic (exact) mass is 334 g/mol. The first-order valence-corrected chi connectivity index (χ1v) is 8.80. The summed E-state index contributed by atoms with van der Waals surface area (Å²) in [7, 11) is 0. The largest absolute Gasteiger partial charge is 0.476 e. The second-order valence-electron chi connectivity index (χ2n) is 6.62. The Morgan fingerprint density at radius 3 is 3.04 bits per heavy atom. The van der Waals surface area contributed by atoms with E-state index in [4.69, 9.17) is 9.72 Å². The van der Waals surface area contributed by atoms with E-state index < -0.39 is 0 Å². The van der Waals surface area contributed by atoms with Crippen LogP contribution in [0.25, 0.3) is 10.9 Å². The van der Waals surface area contributed by atoms with E-state index in [1.807, 2.05) is 6.07 Å². The van der Waals surface area contributed by atoms with Crippen molar-refractivity contribution in [3.8, 4) is 5.88 Å². The standard InChI is InChI=1S/C20H22N4O/c1-15-11-19(23-18-7-3-2-6-17(15)18)24-10-4-5-16(13-24)14-25-20-12-21-8-9-22-20/h2-3,6-9,11-12,16H,4-5,10,13-14H2,1H3. The number of para-hydroxylation sites is 1. The third-order valence-electron chi connectivity index (χ3n) is 4.76. The van der Waals surface area contributed by atoms with Gasteiger partial charge >= 0.3 is 0 Å². The number of ether oxygens (including phenoxy) is 1. The van der Waals surface area contributed by atoms with Crippen molar-refractivity contribution >= 4 is 16.7 Å². The molecule has 3 heterocycles. The SMILES string of the molecule is Cc1cc(N2CCCC(COc3cnccn3)C2)nc2ccccc12. The van der Waals surface area contributed by atoms with Crippen LogP contribution in [0.15, 0.2) is 48.9 Å². The van der Waals surface area contributed by atoms with E-state index in [0.717, 1.165) is 30.8 Å². The van der Waals surface area contributed by atoms with E-state index in [1.54, 1.807) is 18.6 Å². The maximum absolute atomic E-state index is 5.80. The maximum atomic E-state index is 5.80. The highest BCUT2D eigenvalue weighted by molar-refractivity contribution is 5.83. The Balaban J connectivity index is 1.47. The van der Waals surface area contributed by atoms with Gasteiger partial charge in [-0.3, -0.25) is 4.98 Å². The number of fused-ring (bicyclic) bond motifs is 1. The molecule has 4 rings (SSSR count). The molecule has 3 aromatic rings. The molecule has 0 spiro atoms. The summed E-state index contributed by atoms with van der Waals surface area (Å²) in [4.78, 5) is 15.5. The number of nitrogens with zero attached hydrogens (tertiary/aromatic N) is 4. The third-order valence-corrected chi connectivity index (χ3v) is 4.76. The number of benzene rings is 1. The molecule has 0 amide bonds. The van der Waals surface area contributed by atoms with Crippen molar-refractivity contribution in [1.29, 1.82) is 0 Å². The van der Waals surface area contributed by atoms with Gasteiger partial charge in [-0.05, 0) is 37.5 Å². The molecule has 0 saturated carbocycles. The summed E-state index contributed by atoms with van der Waals surface area (Å²) >= 11 is 0.